The van der Waals surface area contributed by atoms with Gasteiger partial charge in [-0.1, -0.05) is 47.5 Å². The highest BCUT2D eigenvalue weighted by Gasteiger charge is 2.14. The van der Waals surface area contributed by atoms with Crippen LogP contribution >= 0.6 is 35.4 Å². The Labute approximate surface area is 177 Å². The third-order valence-corrected chi connectivity index (χ3v) is 5.59. The van der Waals surface area contributed by atoms with Gasteiger partial charge in [-0.2, -0.15) is 14.9 Å². The Bertz CT molecular complexity index is 1270. The zero-order valence-corrected chi connectivity index (χ0v) is 17.6. The molecule has 4 aromatic rings. The van der Waals surface area contributed by atoms with Crippen molar-refractivity contribution in [3.8, 4) is 0 Å². The van der Waals surface area contributed by atoms with Crippen molar-refractivity contribution in [2.45, 2.75) is 20.4 Å². The molecule has 0 amide bonds. The molecule has 0 saturated heterocycles. The molecule has 0 unspecified atom stereocenters. The number of fused-ring (bicyclic) bond motifs is 1. The molecule has 0 atom stereocenters. The molecule has 1 N–H and O–H groups in total. The Balaban J connectivity index is 1.83. The molecule has 0 aliphatic heterocycles. The predicted molar refractivity (Wildman–Crippen MR) is 117 cm³/mol. The molecule has 2 heterocycles. The van der Waals surface area contributed by atoms with Gasteiger partial charge in [-0.3, -0.25) is 5.10 Å². The van der Waals surface area contributed by atoms with Gasteiger partial charge in [0.15, 0.2) is 0 Å². The minimum absolute atomic E-state index is 0.461. The molecule has 0 radical (unpaired) electrons. The zero-order valence-electron chi connectivity index (χ0n) is 15.3. The predicted octanol–water partition coefficient (Wildman–Crippen LogP) is 5.75. The van der Waals surface area contributed by atoms with Gasteiger partial charge in [-0.05, 0) is 49.8 Å². The first-order valence-corrected chi connectivity index (χ1v) is 9.82. The first-order chi connectivity index (χ1) is 13.5. The first-order valence-electron chi connectivity index (χ1n) is 8.66. The van der Waals surface area contributed by atoms with Gasteiger partial charge >= 0.3 is 0 Å². The minimum atomic E-state index is 0.461. The van der Waals surface area contributed by atoms with Gasteiger partial charge in [0, 0.05) is 38.8 Å². The third-order valence-electron chi connectivity index (χ3n) is 4.74. The maximum absolute atomic E-state index is 6.40. The summed E-state index contributed by atoms with van der Waals surface area (Å²) >= 11 is 17.7. The number of aryl methyl sites for hydroxylation is 1. The first kappa shape index (κ1) is 18.9. The number of nitrogens with zero attached hydrogens (tertiary/aromatic N) is 4. The number of H-pyrrole nitrogens is 1. The van der Waals surface area contributed by atoms with E-state index in [0.717, 1.165) is 27.7 Å². The highest BCUT2D eigenvalue weighted by molar-refractivity contribution is 7.71. The van der Waals surface area contributed by atoms with Crippen molar-refractivity contribution >= 4 is 52.5 Å². The Morgan fingerprint density at radius 1 is 1.18 bits per heavy atom. The SMILES string of the molecule is Cc1n[nH]c(=S)n1/N=C\c1c(C)n(Cc2ccc(Cl)cc2Cl)c2ccccc12. The second kappa shape index (κ2) is 7.54. The highest BCUT2D eigenvalue weighted by Crippen LogP contribution is 2.28. The Morgan fingerprint density at radius 2 is 1.96 bits per heavy atom. The molecule has 5 nitrogen and oxygen atoms in total. The van der Waals surface area contributed by atoms with Gasteiger partial charge in [0.2, 0.25) is 4.77 Å². The van der Waals surface area contributed by atoms with E-state index in [1.807, 2.05) is 37.4 Å². The summed E-state index contributed by atoms with van der Waals surface area (Å²) in [5, 5.41) is 13.8. The molecule has 4 rings (SSSR count). The van der Waals surface area contributed by atoms with E-state index >= 15 is 0 Å². The average Bonchev–Trinajstić information content (AvgIpc) is 3.13. The van der Waals surface area contributed by atoms with Crippen molar-refractivity contribution in [3.05, 3.63) is 79.9 Å². The number of halogens is 2. The van der Waals surface area contributed by atoms with Crippen LogP contribution in [0.3, 0.4) is 0 Å². The monoisotopic (exact) mass is 429 g/mol. The van der Waals surface area contributed by atoms with Crippen molar-refractivity contribution < 1.29 is 0 Å². The lowest BCUT2D eigenvalue weighted by atomic mass is 10.1. The van der Waals surface area contributed by atoms with E-state index in [4.69, 9.17) is 35.4 Å². The lowest BCUT2D eigenvalue weighted by molar-refractivity contribution is 0.802. The molecule has 2 aromatic carbocycles. The normalized spacial score (nSPS) is 11.7. The van der Waals surface area contributed by atoms with Crippen molar-refractivity contribution in [1.82, 2.24) is 19.4 Å². The molecule has 0 fully saturated rings. The van der Waals surface area contributed by atoms with Crippen LogP contribution < -0.4 is 0 Å². The van der Waals surface area contributed by atoms with Crippen molar-refractivity contribution in [3.63, 3.8) is 0 Å². The van der Waals surface area contributed by atoms with Crippen LogP contribution in [0.4, 0.5) is 0 Å². The lowest BCUT2D eigenvalue weighted by Gasteiger charge is -2.10. The smallest absolute Gasteiger partial charge is 0.216 e. The molecule has 0 aliphatic carbocycles. The van der Waals surface area contributed by atoms with Gasteiger partial charge in [0.1, 0.15) is 5.82 Å². The minimum Gasteiger partial charge on any atom is -0.340 e. The lowest BCUT2D eigenvalue weighted by Crippen LogP contribution is -2.03. The summed E-state index contributed by atoms with van der Waals surface area (Å²) in [5.74, 6) is 0.704. The van der Waals surface area contributed by atoms with Crippen LogP contribution in [0, 0.1) is 18.6 Å². The molecule has 0 aliphatic rings. The van der Waals surface area contributed by atoms with E-state index in [1.54, 1.807) is 10.7 Å². The summed E-state index contributed by atoms with van der Waals surface area (Å²) in [6.45, 7) is 4.56. The Morgan fingerprint density at radius 3 is 2.68 bits per heavy atom. The molecule has 8 heteroatoms. The molecule has 0 saturated carbocycles. The number of para-hydroxylation sites is 1. The van der Waals surface area contributed by atoms with Crippen LogP contribution in [0.1, 0.15) is 22.6 Å². The molecular weight excluding hydrogens is 413 g/mol. The number of aromatic amines is 1. The summed E-state index contributed by atoms with van der Waals surface area (Å²) in [5.41, 5.74) is 4.23. The fraction of sp³-hybridized carbons (Fsp3) is 0.150. The van der Waals surface area contributed by atoms with Crippen LogP contribution in [0.25, 0.3) is 10.9 Å². The van der Waals surface area contributed by atoms with Crippen molar-refractivity contribution in [2.75, 3.05) is 0 Å². The number of hydrogen-bond acceptors (Lipinski definition) is 3. The van der Waals surface area contributed by atoms with Gasteiger partial charge in [-0.25, -0.2) is 0 Å². The third kappa shape index (κ3) is 3.39. The fourth-order valence-corrected chi connectivity index (χ4v) is 3.96. The summed E-state index contributed by atoms with van der Waals surface area (Å²) in [6, 6.07) is 13.8. The van der Waals surface area contributed by atoms with Crippen molar-refractivity contribution in [1.29, 1.82) is 0 Å². The quantitative estimate of drug-likeness (QED) is 0.331. The largest absolute Gasteiger partial charge is 0.340 e. The van der Waals surface area contributed by atoms with Gasteiger partial charge in [-0.15, -0.1) is 0 Å². The molecular formula is C20H17Cl2N5S. The molecule has 0 spiro atoms. The van der Waals surface area contributed by atoms with Crippen LogP contribution in [-0.4, -0.2) is 25.7 Å². The zero-order chi connectivity index (χ0) is 19.8. The number of rotatable bonds is 4. The molecule has 0 bridgehead atoms. The van der Waals surface area contributed by atoms with Crippen LogP contribution in [0.15, 0.2) is 47.6 Å². The van der Waals surface area contributed by atoms with Crippen LogP contribution in [0.5, 0.6) is 0 Å². The number of nitrogens with one attached hydrogen (secondary N) is 1. The van der Waals surface area contributed by atoms with Gasteiger partial charge < -0.3 is 4.57 Å². The fourth-order valence-electron chi connectivity index (χ4n) is 3.27. The number of hydrogen-bond donors (Lipinski definition) is 1. The van der Waals surface area contributed by atoms with E-state index in [2.05, 4.69) is 38.9 Å². The standard InChI is InChI=1S/C20H17Cl2N5S/c1-12-17(10-23-27-13(2)24-25-20(27)28)16-5-3-4-6-19(16)26(12)11-14-7-8-15(21)9-18(14)22/h3-10H,11H2,1-2H3,(H,25,28)/b23-10-. The van der Waals surface area contributed by atoms with E-state index in [1.165, 1.54) is 0 Å². The van der Waals surface area contributed by atoms with Crippen LogP contribution in [-0.2, 0) is 6.54 Å². The molecule has 2 aromatic heterocycles. The number of aromatic nitrogens is 4. The summed E-state index contributed by atoms with van der Waals surface area (Å²) in [7, 11) is 0. The van der Waals surface area contributed by atoms with Crippen molar-refractivity contribution in [2.24, 2.45) is 5.10 Å². The molecule has 142 valence electrons. The molecule has 28 heavy (non-hydrogen) atoms. The summed E-state index contributed by atoms with van der Waals surface area (Å²) < 4.78 is 4.30. The van der Waals surface area contributed by atoms with E-state index in [-0.39, 0.29) is 0 Å². The Hall–Kier alpha value is -2.41. The van der Waals surface area contributed by atoms with E-state index in [0.29, 0.717) is 27.2 Å². The average molecular weight is 430 g/mol. The second-order valence-electron chi connectivity index (χ2n) is 6.47. The maximum atomic E-state index is 6.40. The van der Waals surface area contributed by atoms with Gasteiger partial charge in [0.25, 0.3) is 0 Å². The van der Waals surface area contributed by atoms with E-state index < -0.39 is 0 Å². The summed E-state index contributed by atoms with van der Waals surface area (Å²) in [6.07, 6.45) is 1.83. The number of benzene rings is 2. The van der Waals surface area contributed by atoms with Gasteiger partial charge in [0.05, 0.1) is 6.21 Å². The highest BCUT2D eigenvalue weighted by atomic mass is 35.5. The van der Waals surface area contributed by atoms with E-state index in [9.17, 15) is 0 Å². The summed E-state index contributed by atoms with van der Waals surface area (Å²) in [4.78, 5) is 0. The Kier molecular flexibility index (Phi) is 5.10. The maximum Gasteiger partial charge on any atom is 0.216 e. The topological polar surface area (TPSA) is 50.9 Å². The second-order valence-corrected chi connectivity index (χ2v) is 7.70. The van der Waals surface area contributed by atoms with Crippen LogP contribution in [0.2, 0.25) is 10.0 Å².